The van der Waals surface area contributed by atoms with E-state index in [9.17, 15) is 0 Å². The maximum atomic E-state index is 5.60. The molecule has 0 bridgehead atoms. The van der Waals surface area contributed by atoms with E-state index in [-0.39, 0.29) is 24.0 Å². The number of hydrogen-bond donors (Lipinski definition) is 2. The zero-order valence-corrected chi connectivity index (χ0v) is 17.2. The molecule has 0 unspecified atom stereocenters. The van der Waals surface area contributed by atoms with Crippen LogP contribution in [0.15, 0.2) is 46.0 Å². The summed E-state index contributed by atoms with van der Waals surface area (Å²) in [6.07, 6.45) is 1.66. The normalized spacial score (nSPS) is 10.8. The molecule has 7 heteroatoms. The predicted octanol–water partition coefficient (Wildman–Crippen LogP) is 3.56. The van der Waals surface area contributed by atoms with Gasteiger partial charge in [-0.15, -0.1) is 24.0 Å². The van der Waals surface area contributed by atoms with Gasteiger partial charge >= 0.3 is 0 Å². The van der Waals surface area contributed by atoms with Crippen molar-refractivity contribution in [1.29, 1.82) is 0 Å². The molecule has 0 spiro atoms. The Hall–Kier alpha value is -1.90. The Morgan fingerprint density at radius 2 is 2.00 bits per heavy atom. The molecule has 6 nitrogen and oxygen atoms in total. The zero-order valence-electron chi connectivity index (χ0n) is 14.9. The average molecular weight is 459 g/mol. The molecule has 2 aromatic rings. The average Bonchev–Trinajstić information content (AvgIpc) is 3.11. The third-order valence-electron chi connectivity index (χ3n) is 3.30. The molecule has 0 amide bonds. The summed E-state index contributed by atoms with van der Waals surface area (Å²) in [5.74, 6) is 3.07. The minimum atomic E-state index is 0. The number of nitrogens with one attached hydrogen (secondary N) is 2. The molecule has 138 valence electrons. The van der Waals surface area contributed by atoms with Crippen molar-refractivity contribution in [3.63, 3.8) is 0 Å². The molecule has 0 saturated carbocycles. The second kappa shape index (κ2) is 11.6. The van der Waals surface area contributed by atoms with E-state index in [1.807, 2.05) is 44.2 Å². The molecule has 0 aliphatic heterocycles. The molecule has 0 saturated heterocycles. The first-order chi connectivity index (χ1) is 11.8. The van der Waals surface area contributed by atoms with Gasteiger partial charge in [-0.1, -0.05) is 6.07 Å². The number of guanidine groups is 1. The smallest absolute Gasteiger partial charge is 0.191 e. The van der Waals surface area contributed by atoms with E-state index < -0.39 is 0 Å². The first-order valence-electron chi connectivity index (χ1n) is 8.11. The highest BCUT2D eigenvalue weighted by Crippen LogP contribution is 2.28. The Kier molecular flexibility index (Phi) is 9.83. The first kappa shape index (κ1) is 21.1. The number of rotatable bonds is 8. The Balaban J connectivity index is 0.00000312. The van der Waals surface area contributed by atoms with Crippen LogP contribution in [0.1, 0.15) is 25.2 Å². The molecule has 0 aliphatic carbocycles. The van der Waals surface area contributed by atoms with Crippen LogP contribution in [0.25, 0.3) is 0 Å². The molecule has 0 atom stereocenters. The van der Waals surface area contributed by atoms with Crippen LogP contribution in [0.2, 0.25) is 0 Å². The maximum absolute atomic E-state index is 5.60. The van der Waals surface area contributed by atoms with Crippen LogP contribution < -0.4 is 20.1 Å². The van der Waals surface area contributed by atoms with Crippen LogP contribution in [-0.2, 0) is 13.1 Å². The SMILES string of the molecule is CCNC(=NCc1ccc(OC)c(OCC)c1)NCc1ccco1.I. The Bertz CT molecular complexity index is 645. The van der Waals surface area contributed by atoms with Crippen LogP contribution in [0.3, 0.4) is 0 Å². The van der Waals surface area contributed by atoms with Gasteiger partial charge in [0.1, 0.15) is 5.76 Å². The van der Waals surface area contributed by atoms with Crippen LogP contribution in [-0.4, -0.2) is 26.2 Å². The van der Waals surface area contributed by atoms with Gasteiger partial charge in [-0.3, -0.25) is 0 Å². The summed E-state index contributed by atoms with van der Waals surface area (Å²) >= 11 is 0. The summed E-state index contributed by atoms with van der Waals surface area (Å²) in [7, 11) is 1.64. The highest BCUT2D eigenvalue weighted by Gasteiger charge is 2.06. The zero-order chi connectivity index (χ0) is 17.2. The Morgan fingerprint density at radius 1 is 1.16 bits per heavy atom. The monoisotopic (exact) mass is 459 g/mol. The molecule has 2 N–H and O–H groups in total. The molecule has 1 aromatic carbocycles. The van der Waals surface area contributed by atoms with Crippen molar-refractivity contribution < 1.29 is 13.9 Å². The standard InChI is InChI=1S/C18H25N3O3.HI/c1-4-19-18(21-13-15-7-6-10-24-15)20-12-14-8-9-16(22-3)17(11-14)23-5-2;/h6-11H,4-5,12-13H2,1-3H3,(H2,19,20,21);1H. The van der Waals surface area contributed by atoms with Gasteiger partial charge in [0.25, 0.3) is 0 Å². The number of halogens is 1. The van der Waals surface area contributed by atoms with E-state index in [0.29, 0.717) is 19.7 Å². The van der Waals surface area contributed by atoms with E-state index in [0.717, 1.165) is 35.3 Å². The van der Waals surface area contributed by atoms with E-state index in [1.54, 1.807) is 13.4 Å². The summed E-state index contributed by atoms with van der Waals surface area (Å²) in [5.41, 5.74) is 1.05. The lowest BCUT2D eigenvalue weighted by atomic mass is 10.2. The van der Waals surface area contributed by atoms with E-state index in [4.69, 9.17) is 13.9 Å². The second-order valence-electron chi connectivity index (χ2n) is 5.05. The summed E-state index contributed by atoms with van der Waals surface area (Å²) in [6, 6.07) is 9.64. The highest BCUT2D eigenvalue weighted by molar-refractivity contribution is 14.0. The van der Waals surface area contributed by atoms with Crippen molar-refractivity contribution in [3.8, 4) is 11.5 Å². The van der Waals surface area contributed by atoms with Crippen molar-refractivity contribution >= 4 is 29.9 Å². The highest BCUT2D eigenvalue weighted by atomic mass is 127. The van der Waals surface area contributed by atoms with Crippen LogP contribution in [0.5, 0.6) is 11.5 Å². The number of hydrogen-bond acceptors (Lipinski definition) is 4. The van der Waals surface area contributed by atoms with Gasteiger partial charge in [0.05, 0.1) is 33.1 Å². The fourth-order valence-electron chi connectivity index (χ4n) is 2.18. The third kappa shape index (κ3) is 6.85. The van der Waals surface area contributed by atoms with E-state index >= 15 is 0 Å². The molecule has 0 fully saturated rings. The van der Waals surface area contributed by atoms with E-state index in [1.165, 1.54) is 0 Å². The minimum Gasteiger partial charge on any atom is -0.493 e. The topological polar surface area (TPSA) is 68.0 Å². The number of methoxy groups -OCH3 is 1. The largest absolute Gasteiger partial charge is 0.493 e. The van der Waals surface area contributed by atoms with Gasteiger partial charge in [0.15, 0.2) is 17.5 Å². The lowest BCUT2D eigenvalue weighted by molar-refractivity contribution is 0.310. The molecule has 25 heavy (non-hydrogen) atoms. The van der Waals surface area contributed by atoms with Crippen molar-refractivity contribution in [3.05, 3.63) is 47.9 Å². The first-order valence-corrected chi connectivity index (χ1v) is 8.11. The van der Waals surface area contributed by atoms with Crippen LogP contribution in [0, 0.1) is 0 Å². The number of nitrogens with zero attached hydrogens (tertiary/aromatic N) is 1. The fraction of sp³-hybridized carbons (Fsp3) is 0.389. The van der Waals surface area contributed by atoms with Crippen molar-refractivity contribution in [2.24, 2.45) is 4.99 Å². The fourth-order valence-corrected chi connectivity index (χ4v) is 2.18. The molecule has 2 rings (SSSR count). The van der Waals surface area contributed by atoms with Gasteiger partial charge in [-0.2, -0.15) is 0 Å². The molecule has 1 aromatic heterocycles. The van der Waals surface area contributed by atoms with Crippen molar-refractivity contribution in [2.75, 3.05) is 20.3 Å². The van der Waals surface area contributed by atoms with Crippen molar-refractivity contribution in [1.82, 2.24) is 10.6 Å². The molecule has 1 heterocycles. The van der Waals surface area contributed by atoms with Gasteiger partial charge in [0, 0.05) is 6.54 Å². The van der Waals surface area contributed by atoms with Gasteiger partial charge in [0.2, 0.25) is 0 Å². The summed E-state index contributed by atoms with van der Waals surface area (Å²) in [6.45, 7) is 6.49. The predicted molar refractivity (Wildman–Crippen MR) is 110 cm³/mol. The second-order valence-corrected chi connectivity index (χ2v) is 5.05. The molecular formula is C18H26IN3O3. The quantitative estimate of drug-likeness (QED) is 0.359. The van der Waals surface area contributed by atoms with Gasteiger partial charge < -0.3 is 24.5 Å². The third-order valence-corrected chi connectivity index (χ3v) is 3.30. The number of aliphatic imine (C=N–C) groups is 1. The number of ether oxygens (including phenoxy) is 2. The molecular weight excluding hydrogens is 433 g/mol. The molecule has 0 aliphatic rings. The van der Waals surface area contributed by atoms with E-state index in [2.05, 4.69) is 15.6 Å². The number of furan rings is 1. The Morgan fingerprint density at radius 3 is 2.64 bits per heavy atom. The lowest BCUT2D eigenvalue weighted by Gasteiger charge is -2.12. The summed E-state index contributed by atoms with van der Waals surface area (Å²) in [5, 5.41) is 6.46. The van der Waals surface area contributed by atoms with Crippen molar-refractivity contribution in [2.45, 2.75) is 26.9 Å². The van der Waals surface area contributed by atoms with Crippen LogP contribution in [0.4, 0.5) is 0 Å². The number of benzene rings is 1. The summed E-state index contributed by atoms with van der Waals surface area (Å²) in [4.78, 5) is 4.60. The van der Waals surface area contributed by atoms with Gasteiger partial charge in [-0.05, 0) is 43.7 Å². The Labute approximate surface area is 166 Å². The summed E-state index contributed by atoms with van der Waals surface area (Å²) < 4.78 is 16.2. The minimum absolute atomic E-state index is 0. The molecule has 0 radical (unpaired) electrons. The van der Waals surface area contributed by atoms with Crippen LogP contribution >= 0.6 is 24.0 Å². The maximum Gasteiger partial charge on any atom is 0.191 e. The van der Waals surface area contributed by atoms with Gasteiger partial charge in [-0.25, -0.2) is 4.99 Å². The lowest BCUT2D eigenvalue weighted by Crippen LogP contribution is -2.36.